The molecule has 1 N–H and O–H groups in total. The van der Waals surface area contributed by atoms with Crippen LogP contribution in [0.2, 0.25) is 0 Å². The van der Waals surface area contributed by atoms with Crippen LogP contribution in [0, 0.1) is 12.8 Å². The van der Waals surface area contributed by atoms with Crippen molar-refractivity contribution in [2.24, 2.45) is 5.92 Å². The molecular weight excluding hydrogens is 279 g/mol. The number of piperidine rings is 1. The molecule has 2 aliphatic rings. The summed E-state index contributed by atoms with van der Waals surface area (Å²) >= 11 is 1.36. The Morgan fingerprint density at radius 1 is 1.50 bits per heavy atom. The van der Waals surface area contributed by atoms with E-state index in [-0.39, 0.29) is 18.4 Å². The zero-order chi connectivity index (χ0) is 14.2. The van der Waals surface area contributed by atoms with Gasteiger partial charge in [0.15, 0.2) is 0 Å². The first-order chi connectivity index (χ1) is 9.56. The summed E-state index contributed by atoms with van der Waals surface area (Å²) in [5.74, 6) is 0.922. The zero-order valence-corrected chi connectivity index (χ0v) is 12.4. The van der Waals surface area contributed by atoms with Crippen LogP contribution in [0.25, 0.3) is 0 Å². The summed E-state index contributed by atoms with van der Waals surface area (Å²) in [7, 11) is 0. The van der Waals surface area contributed by atoms with Crippen molar-refractivity contribution in [1.82, 2.24) is 14.7 Å². The minimum Gasteiger partial charge on any atom is -0.353 e. The smallest absolute Gasteiger partial charge is 0.223 e. The van der Waals surface area contributed by atoms with E-state index in [9.17, 15) is 9.18 Å². The van der Waals surface area contributed by atoms with Crippen molar-refractivity contribution < 1.29 is 9.18 Å². The van der Waals surface area contributed by atoms with Crippen LogP contribution in [0.5, 0.6) is 0 Å². The molecule has 1 saturated carbocycles. The van der Waals surface area contributed by atoms with Crippen LogP contribution in [-0.2, 0) is 4.79 Å². The van der Waals surface area contributed by atoms with Crippen LogP contribution in [0.1, 0.15) is 31.5 Å². The van der Waals surface area contributed by atoms with Gasteiger partial charge in [0.1, 0.15) is 11.5 Å². The van der Waals surface area contributed by atoms with Crippen LogP contribution in [0.15, 0.2) is 0 Å². The number of aromatic nitrogens is 2. The molecule has 0 unspecified atom stereocenters. The molecule has 1 amide bonds. The Labute approximate surface area is 121 Å². The van der Waals surface area contributed by atoms with Crippen molar-refractivity contribution in [3.8, 4) is 0 Å². The number of aryl methyl sites for hydroxylation is 1. The van der Waals surface area contributed by atoms with Crippen molar-refractivity contribution in [2.75, 3.05) is 24.5 Å². The summed E-state index contributed by atoms with van der Waals surface area (Å²) in [6.45, 7) is 3.26. The van der Waals surface area contributed by atoms with E-state index in [1.54, 1.807) is 0 Å². The summed E-state index contributed by atoms with van der Waals surface area (Å²) in [4.78, 5) is 18.0. The Morgan fingerprint density at radius 2 is 2.20 bits per heavy atom. The second-order valence-electron chi connectivity index (χ2n) is 5.75. The fourth-order valence-corrected chi connectivity index (χ4v) is 3.15. The second-order valence-corrected chi connectivity index (χ2v) is 6.48. The third-order valence-electron chi connectivity index (χ3n) is 3.97. The molecule has 110 valence electrons. The number of nitrogens with zero attached hydrogens (tertiary/aromatic N) is 3. The number of halogens is 1. The van der Waals surface area contributed by atoms with Gasteiger partial charge in [-0.05, 0) is 19.8 Å². The molecule has 0 bridgehead atoms. The maximum absolute atomic E-state index is 14.6. The van der Waals surface area contributed by atoms with Gasteiger partial charge in [0.2, 0.25) is 11.0 Å². The number of hydrogen-bond donors (Lipinski definition) is 1. The molecule has 0 atom stereocenters. The van der Waals surface area contributed by atoms with E-state index in [2.05, 4.69) is 19.6 Å². The summed E-state index contributed by atoms with van der Waals surface area (Å²) in [6.07, 6.45) is 2.76. The molecule has 7 heteroatoms. The minimum atomic E-state index is -1.28. The maximum atomic E-state index is 14.6. The standard InChI is InChI=1S/C13H19FN4OS/c1-9-16-12(20-17-9)18-6-4-13(14,5-7-18)8-15-11(19)10-2-3-10/h10H,2-8H2,1H3,(H,15,19). The van der Waals surface area contributed by atoms with Crippen LogP contribution in [-0.4, -0.2) is 40.6 Å². The molecule has 2 fully saturated rings. The predicted octanol–water partition coefficient (Wildman–Crippen LogP) is 1.68. The summed E-state index contributed by atoms with van der Waals surface area (Å²) in [5, 5.41) is 3.62. The van der Waals surface area contributed by atoms with Gasteiger partial charge in [-0.1, -0.05) is 0 Å². The Morgan fingerprint density at radius 3 is 2.75 bits per heavy atom. The molecule has 1 aromatic heterocycles. The van der Waals surface area contributed by atoms with E-state index in [0.717, 1.165) is 23.8 Å². The minimum absolute atomic E-state index is 0.0178. The van der Waals surface area contributed by atoms with Crippen molar-refractivity contribution >= 4 is 22.6 Å². The quantitative estimate of drug-likeness (QED) is 0.919. The average molecular weight is 298 g/mol. The number of carbonyl (C=O) groups is 1. The molecule has 5 nitrogen and oxygen atoms in total. The van der Waals surface area contributed by atoms with Gasteiger partial charge in [0, 0.05) is 43.4 Å². The van der Waals surface area contributed by atoms with E-state index in [4.69, 9.17) is 0 Å². The first kappa shape index (κ1) is 13.7. The molecule has 1 aromatic rings. The topological polar surface area (TPSA) is 58.1 Å². The second kappa shape index (κ2) is 5.27. The Balaban J connectivity index is 1.50. The van der Waals surface area contributed by atoms with Gasteiger partial charge in [0.05, 0.1) is 6.54 Å². The van der Waals surface area contributed by atoms with Gasteiger partial charge in [-0.25, -0.2) is 9.37 Å². The number of hydrogen-bond acceptors (Lipinski definition) is 5. The summed E-state index contributed by atoms with van der Waals surface area (Å²) in [6, 6.07) is 0. The van der Waals surface area contributed by atoms with E-state index >= 15 is 0 Å². The summed E-state index contributed by atoms with van der Waals surface area (Å²) in [5.41, 5.74) is -1.28. The number of anilines is 1. The number of amides is 1. The molecule has 0 radical (unpaired) electrons. The van der Waals surface area contributed by atoms with Crippen LogP contribution < -0.4 is 10.2 Å². The lowest BCUT2D eigenvalue weighted by molar-refractivity contribution is -0.123. The molecular formula is C13H19FN4OS. The number of carbonyl (C=O) groups excluding carboxylic acids is 1. The van der Waals surface area contributed by atoms with E-state index in [1.807, 2.05) is 6.92 Å². The van der Waals surface area contributed by atoms with Gasteiger partial charge in [0.25, 0.3) is 0 Å². The van der Waals surface area contributed by atoms with Crippen LogP contribution in [0.3, 0.4) is 0 Å². The highest BCUT2D eigenvalue weighted by Gasteiger charge is 2.37. The fraction of sp³-hybridized carbons (Fsp3) is 0.769. The van der Waals surface area contributed by atoms with Crippen LogP contribution >= 0.6 is 11.5 Å². The third kappa shape index (κ3) is 3.08. The van der Waals surface area contributed by atoms with Gasteiger partial charge in [-0.2, -0.15) is 4.37 Å². The Hall–Kier alpha value is -1.24. The normalized spacial score (nSPS) is 21.8. The van der Waals surface area contributed by atoms with Crippen molar-refractivity contribution in [3.63, 3.8) is 0 Å². The molecule has 1 aliphatic heterocycles. The van der Waals surface area contributed by atoms with Gasteiger partial charge >= 0.3 is 0 Å². The molecule has 1 saturated heterocycles. The first-order valence-electron chi connectivity index (χ1n) is 7.08. The average Bonchev–Trinajstić information content (AvgIpc) is 3.20. The van der Waals surface area contributed by atoms with E-state index in [1.165, 1.54) is 11.5 Å². The van der Waals surface area contributed by atoms with E-state index in [0.29, 0.717) is 25.9 Å². The molecule has 1 aliphatic carbocycles. The van der Waals surface area contributed by atoms with Crippen molar-refractivity contribution in [2.45, 2.75) is 38.3 Å². The molecule has 2 heterocycles. The van der Waals surface area contributed by atoms with Crippen molar-refractivity contribution in [1.29, 1.82) is 0 Å². The lowest BCUT2D eigenvalue weighted by Crippen LogP contribution is -2.48. The van der Waals surface area contributed by atoms with E-state index < -0.39 is 5.67 Å². The maximum Gasteiger partial charge on any atom is 0.223 e. The monoisotopic (exact) mass is 298 g/mol. The fourth-order valence-electron chi connectivity index (χ4n) is 2.43. The number of nitrogens with one attached hydrogen (secondary N) is 1. The number of alkyl halides is 1. The first-order valence-corrected chi connectivity index (χ1v) is 7.85. The molecule has 3 rings (SSSR count). The number of rotatable bonds is 4. The van der Waals surface area contributed by atoms with Crippen molar-refractivity contribution in [3.05, 3.63) is 5.82 Å². The SMILES string of the molecule is Cc1nsc(N2CCC(F)(CNC(=O)C3CC3)CC2)n1. The molecule has 20 heavy (non-hydrogen) atoms. The highest BCUT2D eigenvalue weighted by molar-refractivity contribution is 7.09. The van der Waals surface area contributed by atoms with Gasteiger partial charge in [-0.3, -0.25) is 4.79 Å². The Kier molecular flexibility index (Phi) is 3.62. The van der Waals surface area contributed by atoms with Gasteiger partial charge < -0.3 is 10.2 Å². The van der Waals surface area contributed by atoms with Gasteiger partial charge in [-0.15, -0.1) is 0 Å². The highest BCUT2D eigenvalue weighted by atomic mass is 32.1. The summed E-state index contributed by atoms with van der Waals surface area (Å²) < 4.78 is 18.8. The highest BCUT2D eigenvalue weighted by Crippen LogP contribution is 2.31. The molecule has 0 aromatic carbocycles. The molecule has 0 spiro atoms. The zero-order valence-electron chi connectivity index (χ0n) is 11.6. The Bertz CT molecular complexity index is 494. The lowest BCUT2D eigenvalue weighted by atomic mass is 9.93. The largest absolute Gasteiger partial charge is 0.353 e. The lowest BCUT2D eigenvalue weighted by Gasteiger charge is -2.36. The van der Waals surface area contributed by atoms with Crippen LogP contribution in [0.4, 0.5) is 9.52 Å². The third-order valence-corrected chi connectivity index (χ3v) is 4.84. The predicted molar refractivity (Wildman–Crippen MR) is 75.7 cm³/mol.